The van der Waals surface area contributed by atoms with Crippen LogP contribution in [-0.2, 0) is 9.53 Å². The number of esters is 1. The molecule has 9 heteroatoms. The minimum atomic E-state index is -2.54. The van der Waals surface area contributed by atoms with Gasteiger partial charge in [0.15, 0.2) is 6.61 Å². The lowest BCUT2D eigenvalue weighted by molar-refractivity contribution is -0.119. The molecule has 27 heavy (non-hydrogen) atoms. The number of carbonyl (C=O) groups excluding carboxylic acids is 2. The Balaban J connectivity index is 1.88. The van der Waals surface area contributed by atoms with E-state index in [1.54, 1.807) is 24.3 Å². The zero-order chi connectivity index (χ0) is 19.6. The second kappa shape index (κ2) is 10.5. The lowest BCUT2D eigenvalue weighted by Crippen LogP contribution is -2.21. The highest BCUT2D eigenvalue weighted by atomic mass is 32.2. The van der Waals surface area contributed by atoms with Crippen LogP contribution >= 0.6 is 23.5 Å². The molecule has 5 nitrogen and oxygen atoms in total. The average Bonchev–Trinajstić information content (AvgIpc) is 2.65. The van der Waals surface area contributed by atoms with Gasteiger partial charge in [0.05, 0.1) is 23.1 Å². The molecule has 0 bridgehead atoms. The summed E-state index contributed by atoms with van der Waals surface area (Å²) in [7, 11) is 0. The number of alkyl halides is 2. The van der Waals surface area contributed by atoms with Gasteiger partial charge in [-0.2, -0.15) is 14.0 Å². The van der Waals surface area contributed by atoms with Crippen LogP contribution in [0.25, 0.3) is 0 Å². The van der Waals surface area contributed by atoms with Gasteiger partial charge in [-0.1, -0.05) is 23.9 Å². The number of ether oxygens (including phenoxy) is 1. The first kappa shape index (κ1) is 20.7. The Morgan fingerprint density at radius 1 is 1.15 bits per heavy atom. The lowest BCUT2D eigenvalue weighted by atomic mass is 10.2. The number of nitriles is 1. The molecule has 0 unspecified atom stereocenters. The maximum absolute atomic E-state index is 12.3. The highest BCUT2D eigenvalue weighted by Gasteiger charge is 2.13. The quantitative estimate of drug-likeness (QED) is 0.515. The topological polar surface area (TPSA) is 79.2 Å². The summed E-state index contributed by atoms with van der Waals surface area (Å²) < 4.78 is 29.5. The first-order valence-corrected chi connectivity index (χ1v) is 9.46. The molecule has 2 aromatic carbocycles. The van der Waals surface area contributed by atoms with Crippen molar-refractivity contribution in [2.75, 3.05) is 17.7 Å². The van der Waals surface area contributed by atoms with Crippen LogP contribution in [0.5, 0.6) is 0 Å². The molecule has 0 aliphatic carbocycles. The number of hydrogen-bond donors (Lipinski definition) is 1. The van der Waals surface area contributed by atoms with Crippen LogP contribution in [0, 0.1) is 11.3 Å². The summed E-state index contributed by atoms with van der Waals surface area (Å²) in [6.45, 7) is -0.496. The smallest absolute Gasteiger partial charge is 0.338 e. The zero-order valence-electron chi connectivity index (χ0n) is 13.9. The SMILES string of the molecule is N#CCSc1ccccc1NC(=O)COC(=O)c1ccc(SC(F)F)cc1. The lowest BCUT2D eigenvalue weighted by Gasteiger charge is -2.10. The standard InChI is InChI=1S/C18H14F2N2O3S2/c19-18(20)27-13-7-5-12(6-8-13)17(24)25-11-16(23)22-14-3-1-2-4-15(14)26-10-9-21/h1-8,18H,10-11H2,(H,22,23). The number of thioether (sulfide) groups is 2. The molecular weight excluding hydrogens is 394 g/mol. The second-order valence-corrected chi connectivity index (χ2v) is 7.05. The van der Waals surface area contributed by atoms with Crippen LogP contribution in [0.3, 0.4) is 0 Å². The number of amides is 1. The Morgan fingerprint density at radius 2 is 1.85 bits per heavy atom. The third kappa shape index (κ3) is 6.92. The van der Waals surface area contributed by atoms with Crippen molar-refractivity contribution < 1.29 is 23.1 Å². The fourth-order valence-corrected chi connectivity index (χ4v) is 3.15. The highest BCUT2D eigenvalue weighted by molar-refractivity contribution is 7.99. The predicted molar refractivity (Wildman–Crippen MR) is 100.0 cm³/mol. The Hall–Kier alpha value is -2.57. The van der Waals surface area contributed by atoms with Crippen LogP contribution in [-0.4, -0.2) is 30.0 Å². The van der Waals surface area contributed by atoms with Gasteiger partial charge in [-0.3, -0.25) is 4.79 Å². The number of halogens is 2. The maximum atomic E-state index is 12.3. The molecule has 0 aliphatic heterocycles. The molecule has 2 aromatic rings. The summed E-state index contributed by atoms with van der Waals surface area (Å²) in [4.78, 5) is 25.0. The zero-order valence-corrected chi connectivity index (χ0v) is 15.5. The molecule has 140 valence electrons. The van der Waals surface area contributed by atoms with Gasteiger partial charge < -0.3 is 10.1 Å². The van der Waals surface area contributed by atoms with Crippen molar-refractivity contribution in [1.29, 1.82) is 5.26 Å². The van der Waals surface area contributed by atoms with Gasteiger partial charge in [-0.25, -0.2) is 4.79 Å². The van der Waals surface area contributed by atoms with Gasteiger partial charge in [0, 0.05) is 9.79 Å². The van der Waals surface area contributed by atoms with Crippen molar-refractivity contribution in [2.45, 2.75) is 15.5 Å². The first-order valence-electron chi connectivity index (χ1n) is 7.60. The van der Waals surface area contributed by atoms with E-state index in [0.717, 1.165) is 4.90 Å². The monoisotopic (exact) mass is 408 g/mol. The normalized spacial score (nSPS) is 10.3. The Kier molecular flexibility index (Phi) is 8.10. The molecule has 1 amide bonds. The third-order valence-corrected chi connectivity index (χ3v) is 4.77. The summed E-state index contributed by atoms with van der Waals surface area (Å²) >= 11 is 1.65. The van der Waals surface area contributed by atoms with Gasteiger partial charge in [0.25, 0.3) is 11.7 Å². The van der Waals surface area contributed by atoms with E-state index in [2.05, 4.69) is 5.32 Å². The van der Waals surface area contributed by atoms with E-state index >= 15 is 0 Å². The molecule has 0 fully saturated rings. The van der Waals surface area contributed by atoms with E-state index in [4.69, 9.17) is 10.00 Å². The molecular formula is C18H14F2N2O3S2. The van der Waals surface area contributed by atoms with Gasteiger partial charge >= 0.3 is 5.97 Å². The molecule has 0 spiro atoms. The van der Waals surface area contributed by atoms with Gasteiger partial charge in [-0.05, 0) is 36.4 Å². The summed E-state index contributed by atoms with van der Waals surface area (Å²) in [5.41, 5.74) is 0.679. The Labute approximate surface area is 163 Å². The summed E-state index contributed by atoms with van der Waals surface area (Å²) in [6, 6.07) is 14.5. The van der Waals surface area contributed by atoms with Crippen LogP contribution in [0.4, 0.5) is 14.5 Å². The van der Waals surface area contributed by atoms with Gasteiger partial charge in [-0.15, -0.1) is 11.8 Å². The molecule has 0 aromatic heterocycles. The number of nitrogens with one attached hydrogen (secondary N) is 1. The number of anilines is 1. The molecule has 2 rings (SSSR count). The molecule has 0 radical (unpaired) electrons. The van der Waals surface area contributed by atoms with E-state index in [1.165, 1.54) is 36.0 Å². The molecule has 0 aliphatic rings. The van der Waals surface area contributed by atoms with Crippen molar-refractivity contribution in [2.24, 2.45) is 0 Å². The van der Waals surface area contributed by atoms with E-state index in [9.17, 15) is 18.4 Å². The number of hydrogen-bond acceptors (Lipinski definition) is 6. The van der Waals surface area contributed by atoms with Crippen LogP contribution in [0.2, 0.25) is 0 Å². The van der Waals surface area contributed by atoms with E-state index in [1.807, 2.05) is 6.07 Å². The Bertz CT molecular complexity index is 839. The van der Waals surface area contributed by atoms with Crippen LogP contribution < -0.4 is 5.32 Å². The number of nitrogens with zero attached hydrogens (tertiary/aromatic N) is 1. The van der Waals surface area contributed by atoms with Crippen molar-refractivity contribution >= 4 is 41.1 Å². The second-order valence-electron chi connectivity index (χ2n) is 4.97. The molecule has 1 N–H and O–H groups in total. The Morgan fingerprint density at radius 3 is 2.52 bits per heavy atom. The number of carbonyl (C=O) groups is 2. The van der Waals surface area contributed by atoms with E-state index in [0.29, 0.717) is 22.3 Å². The molecule has 0 atom stereocenters. The van der Waals surface area contributed by atoms with Crippen molar-refractivity contribution in [1.82, 2.24) is 0 Å². The minimum Gasteiger partial charge on any atom is -0.452 e. The number of para-hydroxylation sites is 1. The van der Waals surface area contributed by atoms with Crippen molar-refractivity contribution in [3.8, 4) is 6.07 Å². The number of benzene rings is 2. The first-order chi connectivity index (χ1) is 13.0. The third-order valence-electron chi connectivity index (χ3n) is 3.10. The largest absolute Gasteiger partial charge is 0.452 e. The summed E-state index contributed by atoms with van der Waals surface area (Å²) in [5.74, 6) is -3.56. The van der Waals surface area contributed by atoms with Crippen molar-refractivity contribution in [3.05, 3.63) is 54.1 Å². The average molecular weight is 408 g/mol. The molecule has 0 saturated heterocycles. The van der Waals surface area contributed by atoms with E-state index in [-0.39, 0.29) is 11.3 Å². The van der Waals surface area contributed by atoms with Crippen LogP contribution in [0.1, 0.15) is 10.4 Å². The molecule has 0 saturated carbocycles. The van der Waals surface area contributed by atoms with Crippen molar-refractivity contribution in [3.63, 3.8) is 0 Å². The van der Waals surface area contributed by atoms with Gasteiger partial charge in [0.1, 0.15) is 0 Å². The summed E-state index contributed by atoms with van der Waals surface area (Å²) in [6.07, 6.45) is 0. The maximum Gasteiger partial charge on any atom is 0.338 e. The minimum absolute atomic E-state index is 0.159. The number of rotatable bonds is 8. The fourth-order valence-electron chi connectivity index (χ4n) is 1.98. The highest BCUT2D eigenvalue weighted by Crippen LogP contribution is 2.27. The van der Waals surface area contributed by atoms with E-state index < -0.39 is 24.2 Å². The molecule has 0 heterocycles. The van der Waals surface area contributed by atoms with Crippen LogP contribution in [0.15, 0.2) is 58.3 Å². The summed E-state index contributed by atoms with van der Waals surface area (Å²) in [5, 5.41) is 11.3. The predicted octanol–water partition coefficient (Wildman–Crippen LogP) is 4.41. The fraction of sp³-hybridized carbons (Fsp3) is 0.167. The van der Waals surface area contributed by atoms with Gasteiger partial charge in [0.2, 0.25) is 0 Å².